The molecule has 3 aromatic rings. The van der Waals surface area contributed by atoms with E-state index in [0.29, 0.717) is 5.56 Å². The number of hydrogen-bond donors (Lipinski definition) is 9. The minimum absolute atomic E-state index is 0.0161. The van der Waals surface area contributed by atoms with Crippen molar-refractivity contribution < 1.29 is 29.1 Å². The summed E-state index contributed by atoms with van der Waals surface area (Å²) >= 11 is 0. The number of rotatable bonds is 18. The van der Waals surface area contributed by atoms with Gasteiger partial charge in [-0.1, -0.05) is 48.5 Å². The summed E-state index contributed by atoms with van der Waals surface area (Å²) in [6.45, 7) is 0.158. The molecule has 4 atom stereocenters. The Morgan fingerprint density at radius 2 is 1.41 bits per heavy atom. The number of hydrogen-bond acceptors (Lipinski definition) is 7. The lowest BCUT2D eigenvalue weighted by atomic mass is 10.0. The highest BCUT2D eigenvalue weighted by Crippen LogP contribution is 2.19. The Bertz CT molecular complexity index is 1540. The van der Waals surface area contributed by atoms with Gasteiger partial charge >= 0.3 is 5.97 Å². The second-order valence-electron chi connectivity index (χ2n) is 10.8. The topological polar surface area (TPSA) is 274 Å². The minimum atomic E-state index is -1.30. The predicted octanol–water partition coefficient (Wildman–Crippen LogP) is -0.861. The molecule has 2 aromatic carbocycles. The van der Waals surface area contributed by atoms with Crippen molar-refractivity contribution in [2.45, 2.75) is 62.7 Å². The summed E-state index contributed by atoms with van der Waals surface area (Å²) in [5, 5.41) is 18.3. The standard InChI is InChI=1S/C31H41N9O6/c32-21(15-18-7-2-1-3-8-18)27(42)38-23(12-13-26(33)41)28(43)40-25(16-19-17-37-22-10-5-4-9-20(19)22)29(44)39-24(30(45)46)11-6-14-36-31(34)35/h1-5,7-10,17,21,23-25,37H,6,11-16,32H2,(H2,33,41)(H,38,42)(H,39,44)(H,40,43)(H,45,46)(H4,34,35,36). The number of aromatic nitrogens is 1. The van der Waals surface area contributed by atoms with Gasteiger partial charge in [0.25, 0.3) is 0 Å². The predicted molar refractivity (Wildman–Crippen MR) is 172 cm³/mol. The van der Waals surface area contributed by atoms with Crippen LogP contribution in [-0.4, -0.2) is 76.4 Å². The Kier molecular flexibility index (Phi) is 13.1. The van der Waals surface area contributed by atoms with Crippen LogP contribution in [-0.2, 0) is 36.8 Å². The number of carboxylic acid groups (broad SMARTS) is 1. The Morgan fingerprint density at radius 1 is 0.783 bits per heavy atom. The van der Waals surface area contributed by atoms with Crippen molar-refractivity contribution in [1.82, 2.24) is 20.9 Å². The van der Waals surface area contributed by atoms with Crippen LogP contribution in [0.25, 0.3) is 10.9 Å². The van der Waals surface area contributed by atoms with Gasteiger partial charge in [0.1, 0.15) is 18.1 Å². The lowest BCUT2D eigenvalue weighted by molar-refractivity contribution is -0.142. The zero-order valence-electron chi connectivity index (χ0n) is 25.3. The van der Waals surface area contributed by atoms with E-state index in [1.807, 2.05) is 42.5 Å². The number of para-hydroxylation sites is 1. The van der Waals surface area contributed by atoms with Crippen LogP contribution >= 0.6 is 0 Å². The zero-order valence-corrected chi connectivity index (χ0v) is 25.3. The van der Waals surface area contributed by atoms with E-state index in [0.717, 1.165) is 16.5 Å². The van der Waals surface area contributed by atoms with E-state index < -0.39 is 53.8 Å². The van der Waals surface area contributed by atoms with Crippen LogP contribution in [0, 0.1) is 0 Å². The van der Waals surface area contributed by atoms with E-state index in [4.69, 9.17) is 22.9 Å². The van der Waals surface area contributed by atoms with E-state index in [2.05, 4.69) is 25.9 Å². The second-order valence-corrected chi connectivity index (χ2v) is 10.8. The van der Waals surface area contributed by atoms with Gasteiger partial charge < -0.3 is 49.0 Å². The van der Waals surface area contributed by atoms with Crippen molar-refractivity contribution in [2.24, 2.45) is 27.9 Å². The van der Waals surface area contributed by atoms with Crippen LogP contribution in [0.15, 0.2) is 65.8 Å². The lowest BCUT2D eigenvalue weighted by Gasteiger charge is -2.25. The van der Waals surface area contributed by atoms with Gasteiger partial charge in [-0.2, -0.15) is 0 Å². The summed E-state index contributed by atoms with van der Waals surface area (Å²) in [6.07, 6.45) is 1.75. The number of aliphatic carboxylic acids is 1. The third kappa shape index (κ3) is 10.9. The van der Waals surface area contributed by atoms with Gasteiger partial charge in [0, 0.05) is 36.5 Å². The van der Waals surface area contributed by atoms with E-state index in [9.17, 15) is 29.1 Å². The molecule has 4 amide bonds. The first kappa shape index (κ1) is 35.0. The summed E-state index contributed by atoms with van der Waals surface area (Å²) in [5.74, 6) is -4.31. The van der Waals surface area contributed by atoms with Crippen molar-refractivity contribution >= 4 is 46.5 Å². The average Bonchev–Trinajstić information content (AvgIpc) is 3.42. The molecule has 15 heteroatoms. The van der Waals surface area contributed by atoms with Crippen LogP contribution in [0.4, 0.5) is 0 Å². The molecule has 1 heterocycles. The Hall–Kier alpha value is -5.44. The molecular weight excluding hydrogens is 594 g/mol. The normalized spacial score (nSPS) is 13.5. The highest BCUT2D eigenvalue weighted by Gasteiger charge is 2.31. The number of H-pyrrole nitrogens is 1. The number of carbonyl (C=O) groups excluding carboxylic acids is 4. The first-order chi connectivity index (χ1) is 21.9. The summed E-state index contributed by atoms with van der Waals surface area (Å²) < 4.78 is 0. The molecule has 46 heavy (non-hydrogen) atoms. The number of fused-ring (bicyclic) bond motifs is 1. The average molecular weight is 636 g/mol. The fourth-order valence-corrected chi connectivity index (χ4v) is 4.83. The molecule has 4 unspecified atom stereocenters. The molecule has 15 nitrogen and oxygen atoms in total. The fourth-order valence-electron chi connectivity index (χ4n) is 4.83. The van der Waals surface area contributed by atoms with Crippen molar-refractivity contribution in [2.75, 3.05) is 6.54 Å². The molecule has 0 aliphatic rings. The minimum Gasteiger partial charge on any atom is -0.480 e. The van der Waals surface area contributed by atoms with Crippen molar-refractivity contribution in [3.05, 3.63) is 71.9 Å². The molecule has 0 saturated heterocycles. The molecule has 3 rings (SSSR count). The number of benzene rings is 2. The van der Waals surface area contributed by atoms with Gasteiger partial charge in [-0.15, -0.1) is 0 Å². The van der Waals surface area contributed by atoms with Crippen molar-refractivity contribution in [1.29, 1.82) is 0 Å². The Labute approximate surface area is 265 Å². The highest BCUT2D eigenvalue weighted by molar-refractivity contribution is 5.95. The molecule has 1 aromatic heterocycles. The molecule has 0 spiro atoms. The van der Waals surface area contributed by atoms with Crippen LogP contribution < -0.4 is 38.9 Å². The number of nitrogens with zero attached hydrogens (tertiary/aromatic N) is 1. The van der Waals surface area contributed by atoms with Crippen LogP contribution in [0.5, 0.6) is 0 Å². The summed E-state index contributed by atoms with van der Waals surface area (Å²) in [7, 11) is 0. The fraction of sp³-hybridized carbons (Fsp3) is 0.355. The number of aromatic amines is 1. The molecule has 0 fully saturated rings. The maximum absolute atomic E-state index is 13.6. The molecule has 0 saturated carbocycles. The van der Waals surface area contributed by atoms with Crippen LogP contribution in [0.2, 0.25) is 0 Å². The number of amides is 4. The van der Waals surface area contributed by atoms with Gasteiger partial charge in [0.05, 0.1) is 6.04 Å². The molecule has 0 aliphatic carbocycles. The summed E-state index contributed by atoms with van der Waals surface area (Å²) in [4.78, 5) is 70.7. The van der Waals surface area contributed by atoms with Gasteiger partial charge in [-0.3, -0.25) is 24.2 Å². The smallest absolute Gasteiger partial charge is 0.326 e. The van der Waals surface area contributed by atoms with E-state index in [1.165, 1.54) is 0 Å². The zero-order chi connectivity index (χ0) is 33.6. The first-order valence-electron chi connectivity index (χ1n) is 14.8. The van der Waals surface area contributed by atoms with Crippen molar-refractivity contribution in [3.8, 4) is 0 Å². The number of carboxylic acids is 1. The number of guanidine groups is 1. The molecule has 0 aliphatic heterocycles. The number of nitrogens with one attached hydrogen (secondary N) is 4. The Morgan fingerprint density at radius 3 is 2.09 bits per heavy atom. The number of primary amides is 1. The number of aliphatic imine (C=N–C) groups is 1. The van der Waals surface area contributed by atoms with Gasteiger partial charge in [0.2, 0.25) is 23.6 Å². The van der Waals surface area contributed by atoms with E-state index in [1.54, 1.807) is 18.3 Å². The number of nitrogens with two attached hydrogens (primary N) is 4. The van der Waals surface area contributed by atoms with Gasteiger partial charge in [-0.25, -0.2) is 4.79 Å². The first-order valence-corrected chi connectivity index (χ1v) is 14.8. The lowest BCUT2D eigenvalue weighted by Crippen LogP contribution is -2.57. The summed E-state index contributed by atoms with van der Waals surface area (Å²) in [5.41, 5.74) is 24.4. The molecule has 13 N–H and O–H groups in total. The third-order valence-corrected chi connectivity index (χ3v) is 7.24. The SMILES string of the molecule is NC(=O)CCC(NC(=O)C(N)Cc1ccccc1)C(=O)NC(Cc1c[nH]c2ccccc12)C(=O)NC(CCCN=C(N)N)C(=O)O. The van der Waals surface area contributed by atoms with Crippen molar-refractivity contribution in [3.63, 3.8) is 0 Å². The largest absolute Gasteiger partial charge is 0.480 e. The Balaban J connectivity index is 1.82. The van der Waals surface area contributed by atoms with Gasteiger partial charge in [-0.05, 0) is 42.9 Å². The van der Waals surface area contributed by atoms with Crippen LogP contribution in [0.1, 0.15) is 36.8 Å². The number of carbonyl (C=O) groups is 5. The molecular formula is C31H41N9O6. The van der Waals surface area contributed by atoms with Gasteiger partial charge in [0.15, 0.2) is 5.96 Å². The monoisotopic (exact) mass is 635 g/mol. The third-order valence-electron chi connectivity index (χ3n) is 7.24. The second kappa shape index (κ2) is 17.2. The summed E-state index contributed by atoms with van der Waals surface area (Å²) in [6, 6.07) is 11.6. The maximum Gasteiger partial charge on any atom is 0.326 e. The van der Waals surface area contributed by atoms with E-state index >= 15 is 0 Å². The quantitative estimate of drug-likeness (QED) is 0.0477. The molecule has 246 valence electrons. The molecule has 0 bridgehead atoms. The maximum atomic E-state index is 13.6. The molecule has 0 radical (unpaired) electrons. The van der Waals surface area contributed by atoms with Crippen LogP contribution in [0.3, 0.4) is 0 Å². The van der Waals surface area contributed by atoms with E-state index in [-0.39, 0.29) is 51.0 Å². The highest BCUT2D eigenvalue weighted by atomic mass is 16.4.